The number of aromatic nitrogens is 1. The highest BCUT2D eigenvalue weighted by atomic mass is 35.5. The van der Waals surface area contributed by atoms with Gasteiger partial charge in [0.15, 0.2) is 5.13 Å². The fraction of sp³-hybridized carbons (Fsp3) is 0.125. The molecule has 7 nitrogen and oxygen atoms in total. The predicted molar refractivity (Wildman–Crippen MR) is 91.5 cm³/mol. The third-order valence-electron chi connectivity index (χ3n) is 3.28. The Bertz CT molecular complexity index is 1030. The lowest BCUT2D eigenvalue weighted by molar-refractivity contribution is -0.305. The molecule has 25 heavy (non-hydrogen) atoms. The van der Waals surface area contributed by atoms with Crippen LogP contribution in [0.3, 0.4) is 0 Å². The lowest BCUT2D eigenvalue weighted by atomic mass is 10.1. The third kappa shape index (κ3) is 4.04. The number of carbonyl (C=O) groups excluding carboxylic acids is 2. The first-order valence-corrected chi connectivity index (χ1v) is 8.37. The SMILES string of the molecule is O=C([O-])CCC(=O)Nc1nc(-c2cc3cc(Cl)ccc3oc2=O)cs1. The van der Waals surface area contributed by atoms with Gasteiger partial charge >= 0.3 is 5.63 Å². The number of amides is 1. The molecule has 0 bridgehead atoms. The van der Waals surface area contributed by atoms with E-state index >= 15 is 0 Å². The van der Waals surface area contributed by atoms with Crippen LogP contribution >= 0.6 is 22.9 Å². The Labute approximate surface area is 149 Å². The largest absolute Gasteiger partial charge is 0.550 e. The summed E-state index contributed by atoms with van der Waals surface area (Å²) >= 11 is 7.05. The molecule has 0 aliphatic carbocycles. The molecular weight excluding hydrogens is 368 g/mol. The van der Waals surface area contributed by atoms with E-state index in [1.165, 1.54) is 0 Å². The van der Waals surface area contributed by atoms with Crippen molar-refractivity contribution >= 4 is 50.9 Å². The standard InChI is InChI=1S/C16H11ClN2O5S/c17-9-1-2-12-8(5-9)6-10(15(23)24-12)11-7-25-16(18-11)19-13(20)3-4-14(21)22/h1-2,5-7H,3-4H2,(H,21,22)(H,18,19,20)/p-1. The number of thiazole rings is 1. The first-order valence-electron chi connectivity index (χ1n) is 7.11. The number of benzene rings is 1. The molecule has 0 radical (unpaired) electrons. The van der Waals surface area contributed by atoms with Crippen LogP contribution in [0, 0.1) is 0 Å². The van der Waals surface area contributed by atoms with Gasteiger partial charge in [-0.15, -0.1) is 11.3 Å². The fourth-order valence-corrected chi connectivity index (χ4v) is 3.03. The van der Waals surface area contributed by atoms with Crippen LogP contribution in [0.4, 0.5) is 5.13 Å². The second-order valence-corrected chi connectivity index (χ2v) is 6.38. The number of aliphatic carboxylic acids is 1. The highest BCUT2D eigenvalue weighted by Crippen LogP contribution is 2.26. The van der Waals surface area contributed by atoms with E-state index in [9.17, 15) is 19.5 Å². The van der Waals surface area contributed by atoms with Crippen molar-refractivity contribution in [2.75, 3.05) is 5.32 Å². The number of rotatable bonds is 5. The summed E-state index contributed by atoms with van der Waals surface area (Å²) in [5.41, 5.74) is 0.427. The third-order valence-corrected chi connectivity index (χ3v) is 4.27. The van der Waals surface area contributed by atoms with Gasteiger partial charge < -0.3 is 19.6 Å². The molecule has 0 aliphatic heterocycles. The van der Waals surface area contributed by atoms with Crippen LogP contribution in [0.1, 0.15) is 12.8 Å². The van der Waals surface area contributed by atoms with Crippen molar-refractivity contribution in [3.8, 4) is 11.3 Å². The average Bonchev–Trinajstić information content (AvgIpc) is 3.01. The second-order valence-electron chi connectivity index (χ2n) is 5.09. The van der Waals surface area contributed by atoms with Gasteiger partial charge in [-0.1, -0.05) is 11.6 Å². The van der Waals surface area contributed by atoms with Crippen molar-refractivity contribution in [1.82, 2.24) is 4.98 Å². The monoisotopic (exact) mass is 377 g/mol. The molecule has 0 saturated carbocycles. The minimum absolute atomic E-state index is 0.214. The maximum absolute atomic E-state index is 12.1. The van der Waals surface area contributed by atoms with Crippen molar-refractivity contribution in [3.63, 3.8) is 0 Å². The van der Waals surface area contributed by atoms with Crippen molar-refractivity contribution < 1.29 is 19.1 Å². The van der Waals surface area contributed by atoms with Gasteiger partial charge in [-0.25, -0.2) is 9.78 Å². The molecule has 2 aromatic heterocycles. The van der Waals surface area contributed by atoms with Crippen molar-refractivity contribution in [1.29, 1.82) is 0 Å². The Morgan fingerprint density at radius 3 is 2.84 bits per heavy atom. The zero-order chi connectivity index (χ0) is 18.0. The van der Waals surface area contributed by atoms with Gasteiger partial charge in [0.25, 0.3) is 0 Å². The number of fused-ring (bicyclic) bond motifs is 1. The Balaban J connectivity index is 1.85. The van der Waals surface area contributed by atoms with Crippen molar-refractivity contribution in [2.24, 2.45) is 0 Å². The number of halogens is 1. The van der Waals surface area contributed by atoms with E-state index in [4.69, 9.17) is 16.0 Å². The van der Waals surface area contributed by atoms with Gasteiger partial charge in [0.2, 0.25) is 5.91 Å². The Morgan fingerprint density at radius 1 is 1.28 bits per heavy atom. The molecule has 0 aliphatic rings. The summed E-state index contributed by atoms with van der Waals surface area (Å²) in [5.74, 6) is -1.80. The molecule has 0 unspecified atom stereocenters. The van der Waals surface area contributed by atoms with Crippen LogP contribution in [0.5, 0.6) is 0 Å². The minimum Gasteiger partial charge on any atom is -0.550 e. The minimum atomic E-state index is -1.30. The quantitative estimate of drug-likeness (QED) is 0.681. The summed E-state index contributed by atoms with van der Waals surface area (Å²) in [7, 11) is 0. The van der Waals surface area contributed by atoms with Gasteiger partial charge in [0.1, 0.15) is 5.58 Å². The van der Waals surface area contributed by atoms with Crippen LogP contribution in [-0.4, -0.2) is 16.9 Å². The van der Waals surface area contributed by atoms with Gasteiger partial charge in [0, 0.05) is 28.2 Å². The molecule has 0 saturated heterocycles. The van der Waals surface area contributed by atoms with E-state index < -0.39 is 17.5 Å². The molecule has 2 heterocycles. The Kier molecular flexibility index (Phi) is 4.82. The summed E-state index contributed by atoms with van der Waals surface area (Å²) < 4.78 is 5.25. The fourth-order valence-electron chi connectivity index (χ4n) is 2.13. The normalized spacial score (nSPS) is 10.8. The molecule has 1 aromatic carbocycles. The highest BCUT2D eigenvalue weighted by Gasteiger charge is 2.13. The number of nitrogens with zero attached hydrogens (tertiary/aromatic N) is 1. The molecule has 0 fully saturated rings. The highest BCUT2D eigenvalue weighted by molar-refractivity contribution is 7.14. The maximum Gasteiger partial charge on any atom is 0.345 e. The summed E-state index contributed by atoms with van der Waals surface area (Å²) in [6, 6.07) is 6.50. The van der Waals surface area contributed by atoms with E-state index in [0.717, 1.165) is 11.3 Å². The first-order chi connectivity index (χ1) is 11.9. The average molecular weight is 378 g/mol. The number of hydrogen-bond acceptors (Lipinski definition) is 7. The van der Waals surface area contributed by atoms with Crippen LogP contribution in [0.15, 0.2) is 38.9 Å². The topological polar surface area (TPSA) is 112 Å². The lowest BCUT2D eigenvalue weighted by Crippen LogP contribution is -2.24. The van der Waals surface area contributed by atoms with Gasteiger partial charge in [-0.2, -0.15) is 0 Å². The smallest absolute Gasteiger partial charge is 0.345 e. The van der Waals surface area contributed by atoms with E-state index in [1.807, 2.05) is 0 Å². The van der Waals surface area contributed by atoms with E-state index in [1.54, 1.807) is 29.6 Å². The van der Waals surface area contributed by atoms with Gasteiger partial charge in [0.05, 0.1) is 11.3 Å². The molecule has 0 spiro atoms. The molecular formula is C16H10ClN2O5S-. The summed E-state index contributed by atoms with van der Waals surface area (Å²) in [6.07, 6.45) is -0.590. The molecule has 0 atom stereocenters. The molecule has 9 heteroatoms. The van der Waals surface area contributed by atoms with Crippen LogP contribution in [0.25, 0.3) is 22.2 Å². The summed E-state index contributed by atoms with van der Waals surface area (Å²) in [4.78, 5) is 38.3. The number of anilines is 1. The Morgan fingerprint density at radius 2 is 2.08 bits per heavy atom. The zero-order valence-electron chi connectivity index (χ0n) is 12.6. The van der Waals surface area contributed by atoms with Crippen LogP contribution in [0.2, 0.25) is 5.02 Å². The number of carboxylic acids is 1. The molecule has 1 amide bonds. The second kappa shape index (κ2) is 7.04. The maximum atomic E-state index is 12.1. The number of nitrogens with one attached hydrogen (secondary N) is 1. The first kappa shape index (κ1) is 17.1. The van der Waals surface area contributed by atoms with Gasteiger partial charge in [-0.3, -0.25) is 4.79 Å². The molecule has 1 N–H and O–H groups in total. The molecule has 3 rings (SSSR count). The summed E-state index contributed by atoms with van der Waals surface area (Å²) in [6.45, 7) is 0. The van der Waals surface area contributed by atoms with Crippen LogP contribution in [-0.2, 0) is 9.59 Å². The van der Waals surface area contributed by atoms with Crippen molar-refractivity contribution in [2.45, 2.75) is 12.8 Å². The molecule has 128 valence electrons. The number of carbonyl (C=O) groups is 2. The number of carboxylic acid groups (broad SMARTS) is 1. The van der Waals surface area contributed by atoms with Crippen LogP contribution < -0.4 is 16.0 Å². The van der Waals surface area contributed by atoms with Crippen molar-refractivity contribution in [3.05, 3.63) is 45.1 Å². The van der Waals surface area contributed by atoms with E-state index in [2.05, 4.69) is 10.3 Å². The zero-order valence-corrected chi connectivity index (χ0v) is 14.1. The van der Waals surface area contributed by atoms with Gasteiger partial charge in [-0.05, 0) is 30.7 Å². The molecule has 3 aromatic rings. The summed E-state index contributed by atoms with van der Waals surface area (Å²) in [5, 5.41) is 15.8. The number of hydrogen-bond donors (Lipinski definition) is 1. The predicted octanol–water partition coefficient (Wildman–Crippen LogP) is 2.04. The van der Waals surface area contributed by atoms with E-state index in [0.29, 0.717) is 21.7 Å². The lowest BCUT2D eigenvalue weighted by Gasteiger charge is -2.02. The Hall–Kier alpha value is -2.71. The van der Waals surface area contributed by atoms with E-state index in [-0.39, 0.29) is 23.5 Å².